The van der Waals surface area contributed by atoms with Gasteiger partial charge in [0.15, 0.2) is 0 Å². The Morgan fingerprint density at radius 2 is 2.24 bits per heavy atom. The van der Waals surface area contributed by atoms with Crippen molar-refractivity contribution in [2.24, 2.45) is 7.05 Å². The van der Waals surface area contributed by atoms with Crippen LogP contribution in [0.1, 0.15) is 16.1 Å². The monoisotopic (exact) mass is 230 g/mol. The largest absolute Gasteiger partial charge is 0.465 e. The lowest BCUT2D eigenvalue weighted by atomic mass is 10.2. The Kier molecular flexibility index (Phi) is 2.95. The number of rotatable bonds is 2. The molecule has 4 nitrogen and oxygen atoms in total. The molecule has 0 N–H and O–H groups in total. The van der Waals surface area contributed by atoms with E-state index >= 15 is 0 Å². The van der Waals surface area contributed by atoms with Crippen molar-refractivity contribution in [2.45, 2.75) is 6.92 Å². The van der Waals surface area contributed by atoms with Gasteiger partial charge in [-0.25, -0.2) is 4.79 Å². The molecule has 0 fully saturated rings. The third-order valence-electron chi connectivity index (χ3n) is 2.90. The fourth-order valence-corrected chi connectivity index (χ4v) is 1.81. The van der Waals surface area contributed by atoms with Crippen LogP contribution in [0.15, 0.2) is 30.6 Å². The number of carbonyl (C=O) groups is 1. The number of ether oxygens (including phenoxy) is 1. The van der Waals surface area contributed by atoms with Crippen LogP contribution >= 0.6 is 0 Å². The average molecular weight is 230 g/mol. The second-order valence-electron chi connectivity index (χ2n) is 3.82. The van der Waals surface area contributed by atoms with Gasteiger partial charge in [0.2, 0.25) is 0 Å². The molecule has 0 bridgehead atoms. The van der Waals surface area contributed by atoms with E-state index in [0.29, 0.717) is 5.56 Å². The Morgan fingerprint density at radius 1 is 1.47 bits per heavy atom. The Hall–Kier alpha value is -2.10. The van der Waals surface area contributed by atoms with Crippen molar-refractivity contribution < 1.29 is 9.53 Å². The fourth-order valence-electron chi connectivity index (χ4n) is 1.81. The summed E-state index contributed by atoms with van der Waals surface area (Å²) in [5.74, 6) is -0.312. The summed E-state index contributed by atoms with van der Waals surface area (Å²) in [4.78, 5) is 15.7. The van der Waals surface area contributed by atoms with E-state index in [0.717, 1.165) is 17.0 Å². The van der Waals surface area contributed by atoms with E-state index < -0.39 is 0 Å². The summed E-state index contributed by atoms with van der Waals surface area (Å²) < 4.78 is 6.71. The van der Waals surface area contributed by atoms with Crippen molar-refractivity contribution in [3.05, 3.63) is 41.9 Å². The van der Waals surface area contributed by atoms with Gasteiger partial charge in [0.1, 0.15) is 0 Å². The first-order chi connectivity index (χ1) is 8.15. The molecular weight excluding hydrogens is 216 g/mol. The van der Waals surface area contributed by atoms with Gasteiger partial charge in [-0.3, -0.25) is 4.98 Å². The van der Waals surface area contributed by atoms with Crippen molar-refractivity contribution in [3.8, 4) is 11.3 Å². The molecule has 2 aromatic rings. The van der Waals surface area contributed by atoms with E-state index in [1.165, 1.54) is 7.11 Å². The third-order valence-corrected chi connectivity index (χ3v) is 2.90. The molecule has 0 unspecified atom stereocenters. The minimum Gasteiger partial charge on any atom is -0.465 e. The molecule has 2 heterocycles. The normalized spacial score (nSPS) is 10.3. The van der Waals surface area contributed by atoms with Crippen molar-refractivity contribution in [1.29, 1.82) is 0 Å². The Morgan fingerprint density at radius 3 is 2.82 bits per heavy atom. The molecule has 0 aliphatic rings. The molecule has 4 heteroatoms. The first kappa shape index (κ1) is 11.4. The van der Waals surface area contributed by atoms with Crippen LogP contribution in [0.3, 0.4) is 0 Å². The van der Waals surface area contributed by atoms with Gasteiger partial charge >= 0.3 is 5.97 Å². The molecule has 17 heavy (non-hydrogen) atoms. The molecule has 88 valence electrons. The van der Waals surface area contributed by atoms with Gasteiger partial charge in [-0.1, -0.05) is 0 Å². The number of hydrogen-bond acceptors (Lipinski definition) is 3. The number of pyridine rings is 1. The van der Waals surface area contributed by atoms with Crippen LogP contribution < -0.4 is 0 Å². The summed E-state index contributed by atoms with van der Waals surface area (Å²) in [6.45, 7) is 1.89. The fraction of sp³-hybridized carbons (Fsp3) is 0.231. The Labute approximate surface area is 99.9 Å². The second kappa shape index (κ2) is 4.41. The molecule has 0 spiro atoms. The molecule has 0 aliphatic carbocycles. The summed E-state index contributed by atoms with van der Waals surface area (Å²) in [5, 5.41) is 0. The molecule has 0 aromatic carbocycles. The van der Waals surface area contributed by atoms with Crippen molar-refractivity contribution in [3.63, 3.8) is 0 Å². The van der Waals surface area contributed by atoms with Gasteiger partial charge in [0, 0.05) is 30.7 Å². The highest BCUT2D eigenvalue weighted by molar-refractivity contribution is 5.92. The number of aromatic nitrogens is 2. The van der Waals surface area contributed by atoms with Crippen LogP contribution in [-0.2, 0) is 11.8 Å². The van der Waals surface area contributed by atoms with Gasteiger partial charge in [0.05, 0.1) is 18.4 Å². The van der Waals surface area contributed by atoms with E-state index in [1.807, 2.05) is 36.7 Å². The van der Waals surface area contributed by atoms with Crippen molar-refractivity contribution >= 4 is 5.97 Å². The number of nitrogens with zero attached hydrogens (tertiary/aromatic N) is 2. The molecule has 2 rings (SSSR count). The molecule has 0 aliphatic heterocycles. The highest BCUT2D eigenvalue weighted by atomic mass is 16.5. The number of esters is 1. The lowest BCUT2D eigenvalue weighted by Gasteiger charge is -2.04. The molecule has 2 aromatic heterocycles. The Bertz CT molecular complexity index is 544. The molecule has 0 atom stereocenters. The maximum absolute atomic E-state index is 11.6. The molecular formula is C13H14N2O2. The zero-order chi connectivity index (χ0) is 12.4. The first-order valence-corrected chi connectivity index (χ1v) is 5.30. The zero-order valence-corrected chi connectivity index (χ0v) is 10.1. The Balaban J connectivity index is 2.54. The molecule has 0 radical (unpaired) electrons. The highest BCUT2D eigenvalue weighted by Crippen LogP contribution is 2.24. The van der Waals surface area contributed by atoms with Crippen LogP contribution in [0.5, 0.6) is 0 Å². The summed E-state index contributed by atoms with van der Waals surface area (Å²) in [6.07, 6.45) is 3.50. The standard InChI is InChI=1S/C13H14N2O2/c1-9-11(13(16)17-3)7-12(15(9)2)10-5-4-6-14-8-10/h4-8H,1-3H3. The predicted octanol–water partition coefficient (Wildman–Crippen LogP) is 2.18. The molecule has 0 saturated heterocycles. The van der Waals surface area contributed by atoms with E-state index in [2.05, 4.69) is 4.98 Å². The number of methoxy groups -OCH3 is 1. The summed E-state index contributed by atoms with van der Waals surface area (Å²) in [5.41, 5.74) is 3.41. The van der Waals surface area contributed by atoms with Crippen molar-refractivity contribution in [1.82, 2.24) is 9.55 Å². The van der Waals surface area contributed by atoms with Crippen LogP contribution in [0.2, 0.25) is 0 Å². The van der Waals surface area contributed by atoms with Gasteiger partial charge in [-0.15, -0.1) is 0 Å². The second-order valence-corrected chi connectivity index (χ2v) is 3.82. The minimum absolute atomic E-state index is 0.312. The van der Waals surface area contributed by atoms with Gasteiger partial charge in [-0.05, 0) is 25.1 Å². The lowest BCUT2D eigenvalue weighted by Crippen LogP contribution is -2.03. The molecule has 0 amide bonds. The smallest absolute Gasteiger partial charge is 0.339 e. The maximum Gasteiger partial charge on any atom is 0.339 e. The average Bonchev–Trinajstić information content (AvgIpc) is 2.67. The topological polar surface area (TPSA) is 44.1 Å². The first-order valence-electron chi connectivity index (χ1n) is 5.30. The maximum atomic E-state index is 11.6. The summed E-state index contributed by atoms with van der Waals surface area (Å²) >= 11 is 0. The zero-order valence-electron chi connectivity index (χ0n) is 10.1. The van der Waals surface area contributed by atoms with Crippen LogP contribution in [0, 0.1) is 6.92 Å². The van der Waals surface area contributed by atoms with Gasteiger partial charge in [-0.2, -0.15) is 0 Å². The lowest BCUT2D eigenvalue weighted by molar-refractivity contribution is 0.0600. The summed E-state index contributed by atoms with van der Waals surface area (Å²) in [7, 11) is 3.31. The van der Waals surface area contributed by atoms with E-state index in [-0.39, 0.29) is 5.97 Å². The van der Waals surface area contributed by atoms with Crippen molar-refractivity contribution in [2.75, 3.05) is 7.11 Å². The van der Waals surface area contributed by atoms with Crippen LogP contribution in [-0.4, -0.2) is 22.6 Å². The van der Waals surface area contributed by atoms with Crippen LogP contribution in [0.4, 0.5) is 0 Å². The highest BCUT2D eigenvalue weighted by Gasteiger charge is 2.16. The van der Waals surface area contributed by atoms with E-state index in [9.17, 15) is 4.79 Å². The quantitative estimate of drug-likeness (QED) is 0.743. The summed E-state index contributed by atoms with van der Waals surface area (Å²) in [6, 6.07) is 5.66. The van der Waals surface area contributed by atoms with Gasteiger partial charge < -0.3 is 9.30 Å². The number of hydrogen-bond donors (Lipinski definition) is 0. The third kappa shape index (κ3) is 1.93. The predicted molar refractivity (Wildman–Crippen MR) is 64.7 cm³/mol. The van der Waals surface area contributed by atoms with Gasteiger partial charge in [0.25, 0.3) is 0 Å². The van der Waals surface area contributed by atoms with E-state index in [4.69, 9.17) is 4.74 Å². The number of carbonyl (C=O) groups excluding carboxylic acids is 1. The van der Waals surface area contributed by atoms with Crippen LogP contribution in [0.25, 0.3) is 11.3 Å². The minimum atomic E-state index is -0.312. The SMILES string of the molecule is COC(=O)c1cc(-c2cccnc2)n(C)c1C. The van der Waals surface area contributed by atoms with E-state index in [1.54, 1.807) is 12.4 Å². The molecule has 0 saturated carbocycles.